The maximum atomic E-state index is 11.9. The number of amides is 1. The molecule has 0 aromatic heterocycles. The van der Waals surface area contributed by atoms with E-state index in [0.717, 1.165) is 11.3 Å². The number of benzene rings is 2. The summed E-state index contributed by atoms with van der Waals surface area (Å²) in [7, 11) is 1.55. The summed E-state index contributed by atoms with van der Waals surface area (Å²) in [6, 6.07) is 14.5. The minimum absolute atomic E-state index is 0.177. The van der Waals surface area contributed by atoms with E-state index < -0.39 is 11.9 Å². The fraction of sp³-hybridized carbons (Fsp3) is 0.300. The van der Waals surface area contributed by atoms with Crippen molar-refractivity contribution in [1.82, 2.24) is 0 Å². The fourth-order valence-electron chi connectivity index (χ4n) is 2.36. The van der Waals surface area contributed by atoms with Gasteiger partial charge in [0.15, 0.2) is 6.61 Å². The number of hydrogen-bond donors (Lipinski definition) is 1. The molecule has 0 unspecified atom stereocenters. The Bertz CT molecular complexity index is 744. The van der Waals surface area contributed by atoms with Crippen molar-refractivity contribution in [3.63, 3.8) is 0 Å². The molecule has 6 nitrogen and oxygen atoms in total. The quantitative estimate of drug-likeness (QED) is 0.698. The van der Waals surface area contributed by atoms with Gasteiger partial charge in [0.1, 0.15) is 11.5 Å². The van der Waals surface area contributed by atoms with E-state index in [9.17, 15) is 9.59 Å². The minimum Gasteiger partial charge on any atom is -0.497 e. The van der Waals surface area contributed by atoms with Gasteiger partial charge in [0, 0.05) is 18.2 Å². The molecule has 0 radical (unpaired) electrons. The van der Waals surface area contributed by atoms with Gasteiger partial charge in [0.25, 0.3) is 5.91 Å². The molecule has 1 N–H and O–H groups in total. The summed E-state index contributed by atoms with van der Waals surface area (Å²) in [5, 5.41) is 2.66. The van der Waals surface area contributed by atoms with Gasteiger partial charge in [-0.1, -0.05) is 24.3 Å². The average Bonchev–Trinajstić information content (AvgIpc) is 2.66. The van der Waals surface area contributed by atoms with Crippen LogP contribution in [0.2, 0.25) is 0 Å². The van der Waals surface area contributed by atoms with Crippen LogP contribution in [0, 0.1) is 0 Å². The molecule has 0 bridgehead atoms. The van der Waals surface area contributed by atoms with Crippen LogP contribution in [0.4, 0.5) is 5.69 Å². The highest BCUT2D eigenvalue weighted by Crippen LogP contribution is 2.20. The lowest BCUT2D eigenvalue weighted by molar-refractivity contribution is -0.147. The number of carbonyl (C=O) groups is 2. The molecule has 2 aromatic carbocycles. The van der Waals surface area contributed by atoms with Crippen LogP contribution < -0.4 is 14.8 Å². The van der Waals surface area contributed by atoms with E-state index in [1.165, 1.54) is 0 Å². The molecule has 2 aromatic rings. The molecule has 0 spiro atoms. The lowest BCUT2D eigenvalue weighted by atomic mass is 10.1. The molecule has 0 aliphatic carbocycles. The average molecular weight is 357 g/mol. The number of rotatable bonds is 9. The Labute approximate surface area is 153 Å². The van der Waals surface area contributed by atoms with Crippen molar-refractivity contribution in [2.24, 2.45) is 0 Å². The van der Waals surface area contributed by atoms with Gasteiger partial charge in [-0.2, -0.15) is 0 Å². The van der Waals surface area contributed by atoms with Crippen LogP contribution >= 0.6 is 0 Å². The van der Waals surface area contributed by atoms with E-state index in [4.69, 9.17) is 14.2 Å². The molecule has 0 atom stereocenters. The van der Waals surface area contributed by atoms with E-state index in [-0.39, 0.29) is 13.0 Å². The normalized spacial score (nSPS) is 10.1. The number of para-hydroxylation sites is 1. The third kappa shape index (κ3) is 6.12. The summed E-state index contributed by atoms with van der Waals surface area (Å²) in [5.41, 5.74) is 1.52. The predicted molar refractivity (Wildman–Crippen MR) is 98.5 cm³/mol. The first-order valence-electron chi connectivity index (χ1n) is 8.42. The van der Waals surface area contributed by atoms with E-state index in [1.54, 1.807) is 31.4 Å². The Morgan fingerprint density at radius 2 is 1.88 bits per heavy atom. The van der Waals surface area contributed by atoms with Crippen molar-refractivity contribution in [2.45, 2.75) is 19.8 Å². The second kappa shape index (κ2) is 10.1. The molecule has 0 aliphatic rings. The second-order valence-electron chi connectivity index (χ2n) is 5.48. The monoisotopic (exact) mass is 357 g/mol. The third-order valence-corrected chi connectivity index (χ3v) is 3.59. The zero-order valence-electron chi connectivity index (χ0n) is 15.0. The molecule has 0 heterocycles. The summed E-state index contributed by atoms with van der Waals surface area (Å²) in [4.78, 5) is 23.8. The van der Waals surface area contributed by atoms with Crippen molar-refractivity contribution in [2.75, 3.05) is 25.6 Å². The van der Waals surface area contributed by atoms with Gasteiger partial charge in [-0.25, -0.2) is 0 Å². The third-order valence-electron chi connectivity index (χ3n) is 3.59. The lowest BCUT2D eigenvalue weighted by Crippen LogP contribution is -2.21. The summed E-state index contributed by atoms with van der Waals surface area (Å²) in [6.45, 7) is 2.14. The van der Waals surface area contributed by atoms with Gasteiger partial charge in [-0.3, -0.25) is 9.59 Å². The standard InChI is InChI=1S/C20H23NO5/c1-3-25-18-10-5-4-7-15(18)11-12-20(23)26-14-19(22)21-16-8-6-9-17(13-16)24-2/h4-10,13H,3,11-12,14H2,1-2H3,(H,21,22). The number of carbonyl (C=O) groups excluding carboxylic acids is 2. The molecular formula is C20H23NO5. The van der Waals surface area contributed by atoms with Crippen molar-refractivity contribution >= 4 is 17.6 Å². The summed E-state index contributed by atoms with van der Waals surface area (Å²) >= 11 is 0. The number of anilines is 1. The minimum atomic E-state index is -0.433. The number of methoxy groups -OCH3 is 1. The molecule has 26 heavy (non-hydrogen) atoms. The Balaban J connectivity index is 1.77. The molecule has 0 saturated carbocycles. The number of hydrogen-bond acceptors (Lipinski definition) is 5. The van der Waals surface area contributed by atoms with Crippen LogP contribution in [0.15, 0.2) is 48.5 Å². The van der Waals surface area contributed by atoms with Crippen molar-refractivity contribution in [3.05, 3.63) is 54.1 Å². The smallest absolute Gasteiger partial charge is 0.306 e. The van der Waals surface area contributed by atoms with Crippen molar-refractivity contribution in [1.29, 1.82) is 0 Å². The van der Waals surface area contributed by atoms with Gasteiger partial charge in [0.05, 0.1) is 13.7 Å². The van der Waals surface area contributed by atoms with Gasteiger partial charge >= 0.3 is 5.97 Å². The molecule has 138 valence electrons. The Morgan fingerprint density at radius 1 is 1.08 bits per heavy atom. The largest absolute Gasteiger partial charge is 0.497 e. The van der Waals surface area contributed by atoms with E-state index in [0.29, 0.717) is 24.5 Å². The summed E-state index contributed by atoms with van der Waals surface area (Å²) in [5.74, 6) is 0.560. The Morgan fingerprint density at radius 3 is 2.65 bits per heavy atom. The molecule has 6 heteroatoms. The van der Waals surface area contributed by atoms with Crippen LogP contribution in [0.3, 0.4) is 0 Å². The van der Waals surface area contributed by atoms with Gasteiger partial charge in [-0.05, 0) is 37.1 Å². The maximum absolute atomic E-state index is 11.9. The maximum Gasteiger partial charge on any atom is 0.306 e. The molecule has 0 saturated heterocycles. The van der Waals surface area contributed by atoms with Gasteiger partial charge < -0.3 is 19.5 Å². The van der Waals surface area contributed by atoms with Crippen molar-refractivity contribution in [3.8, 4) is 11.5 Å². The van der Waals surface area contributed by atoms with Crippen LogP contribution in [-0.4, -0.2) is 32.2 Å². The highest BCUT2D eigenvalue weighted by atomic mass is 16.5. The van der Waals surface area contributed by atoms with Crippen molar-refractivity contribution < 1.29 is 23.8 Å². The topological polar surface area (TPSA) is 73.9 Å². The van der Waals surface area contributed by atoms with Gasteiger partial charge in [0.2, 0.25) is 0 Å². The first-order chi connectivity index (χ1) is 12.6. The number of ether oxygens (including phenoxy) is 3. The second-order valence-corrected chi connectivity index (χ2v) is 5.48. The van der Waals surface area contributed by atoms with Crippen LogP contribution in [0.25, 0.3) is 0 Å². The molecule has 0 fully saturated rings. The predicted octanol–water partition coefficient (Wildman–Crippen LogP) is 3.21. The number of esters is 1. The van der Waals surface area contributed by atoms with Crippen LogP contribution in [-0.2, 0) is 20.7 Å². The van der Waals surface area contributed by atoms with Gasteiger partial charge in [-0.15, -0.1) is 0 Å². The lowest BCUT2D eigenvalue weighted by Gasteiger charge is -2.10. The van der Waals surface area contributed by atoms with Crippen LogP contribution in [0.5, 0.6) is 11.5 Å². The fourth-order valence-corrected chi connectivity index (χ4v) is 2.36. The molecule has 0 aliphatic heterocycles. The molecule has 1 amide bonds. The highest BCUT2D eigenvalue weighted by molar-refractivity contribution is 5.92. The van der Waals surface area contributed by atoms with E-state index in [2.05, 4.69) is 5.32 Å². The first kappa shape index (κ1) is 19.3. The number of aryl methyl sites for hydroxylation is 1. The first-order valence-corrected chi connectivity index (χ1v) is 8.42. The van der Waals surface area contributed by atoms with Crippen LogP contribution in [0.1, 0.15) is 18.9 Å². The Kier molecular flexibility index (Phi) is 7.49. The van der Waals surface area contributed by atoms with E-state index >= 15 is 0 Å². The highest BCUT2D eigenvalue weighted by Gasteiger charge is 2.10. The summed E-state index contributed by atoms with van der Waals surface area (Å²) < 4.78 is 15.6. The molecular weight excluding hydrogens is 334 g/mol. The zero-order valence-corrected chi connectivity index (χ0v) is 15.0. The molecule has 2 rings (SSSR count). The van der Waals surface area contributed by atoms with E-state index in [1.807, 2.05) is 31.2 Å². The number of nitrogens with one attached hydrogen (secondary N) is 1. The Hall–Kier alpha value is -3.02. The SMILES string of the molecule is CCOc1ccccc1CCC(=O)OCC(=O)Nc1cccc(OC)c1. The summed E-state index contributed by atoms with van der Waals surface area (Å²) in [6.07, 6.45) is 0.670. The zero-order chi connectivity index (χ0) is 18.8.